The molecule has 1 fully saturated rings. The van der Waals surface area contributed by atoms with Crippen LogP contribution in [0.5, 0.6) is 0 Å². The van der Waals surface area contributed by atoms with E-state index in [-0.39, 0.29) is 24.0 Å². The maximum Gasteiger partial charge on any atom is 0.225 e. The van der Waals surface area contributed by atoms with Gasteiger partial charge in [-0.15, -0.1) is 0 Å². The molecule has 32 heavy (non-hydrogen) atoms. The summed E-state index contributed by atoms with van der Waals surface area (Å²) < 4.78 is 1.98. The zero-order valence-corrected chi connectivity index (χ0v) is 19.9. The molecule has 1 aliphatic carbocycles. The minimum Gasteiger partial charge on any atom is -0.399 e. The van der Waals surface area contributed by atoms with Crippen LogP contribution in [0.3, 0.4) is 0 Å². The van der Waals surface area contributed by atoms with Crippen LogP contribution < -0.4 is 22.1 Å². The number of aromatic nitrogens is 4. The smallest absolute Gasteiger partial charge is 0.225 e. The fourth-order valence-electron chi connectivity index (χ4n) is 4.30. The van der Waals surface area contributed by atoms with Crippen LogP contribution in [0.2, 0.25) is 5.02 Å². The standard InChI is InChI=1S/C23H33ClN8/c1-12(2)19-20-21(32(31-19)13(3)4)22(27-16-10-14(24)9-15(25)11-16)30-23(29-20)28-18-8-6-5-7-17(18)26/h9-13,17-18H,5-8,25-26H2,1-4H3,(H2,27,28,29,30). The zero-order chi connectivity index (χ0) is 23.0. The summed E-state index contributed by atoms with van der Waals surface area (Å²) in [5, 5.41) is 12.4. The molecule has 4 rings (SSSR count). The lowest BCUT2D eigenvalue weighted by atomic mass is 9.91. The summed E-state index contributed by atoms with van der Waals surface area (Å²) in [6.07, 6.45) is 4.34. The van der Waals surface area contributed by atoms with Crippen LogP contribution >= 0.6 is 11.6 Å². The van der Waals surface area contributed by atoms with Crippen molar-refractivity contribution in [2.24, 2.45) is 5.73 Å². The quantitative estimate of drug-likeness (QED) is 0.376. The van der Waals surface area contributed by atoms with Crippen molar-refractivity contribution in [3.8, 4) is 0 Å². The second-order valence-corrected chi connectivity index (χ2v) is 9.71. The molecule has 0 amide bonds. The van der Waals surface area contributed by atoms with E-state index in [2.05, 4.69) is 38.3 Å². The van der Waals surface area contributed by atoms with Gasteiger partial charge in [0, 0.05) is 34.5 Å². The molecule has 8 nitrogen and oxygen atoms in total. The van der Waals surface area contributed by atoms with E-state index in [0.717, 1.165) is 41.7 Å². The lowest BCUT2D eigenvalue weighted by molar-refractivity contribution is 0.402. The summed E-state index contributed by atoms with van der Waals surface area (Å²) in [7, 11) is 0. The number of hydrogen-bond acceptors (Lipinski definition) is 7. The highest BCUT2D eigenvalue weighted by atomic mass is 35.5. The number of nitrogens with two attached hydrogens (primary N) is 2. The molecule has 6 N–H and O–H groups in total. The fourth-order valence-corrected chi connectivity index (χ4v) is 4.55. The van der Waals surface area contributed by atoms with Crippen molar-refractivity contribution in [1.29, 1.82) is 0 Å². The SMILES string of the molecule is CC(C)c1nn(C(C)C)c2c(Nc3cc(N)cc(Cl)c3)nc(NC3CCCCC3N)nc12. The Labute approximate surface area is 194 Å². The number of anilines is 4. The molecule has 2 unspecified atom stereocenters. The lowest BCUT2D eigenvalue weighted by Crippen LogP contribution is -2.43. The number of halogens is 1. The second kappa shape index (κ2) is 9.11. The Bertz CT molecular complexity index is 1090. The van der Waals surface area contributed by atoms with Gasteiger partial charge in [0.25, 0.3) is 0 Å². The minimum absolute atomic E-state index is 0.0927. The molecule has 1 aromatic carbocycles. The van der Waals surface area contributed by atoms with E-state index in [1.54, 1.807) is 6.07 Å². The van der Waals surface area contributed by atoms with Crippen molar-refractivity contribution in [3.05, 3.63) is 28.9 Å². The van der Waals surface area contributed by atoms with Crippen LogP contribution in [-0.4, -0.2) is 31.8 Å². The first-order chi connectivity index (χ1) is 15.2. The third kappa shape index (κ3) is 4.61. The van der Waals surface area contributed by atoms with Gasteiger partial charge in [-0.05, 0) is 50.8 Å². The first kappa shape index (κ1) is 22.6. The Balaban J connectivity index is 1.85. The van der Waals surface area contributed by atoms with E-state index in [1.807, 2.05) is 16.8 Å². The van der Waals surface area contributed by atoms with Crippen molar-refractivity contribution in [3.63, 3.8) is 0 Å². The number of hydrogen-bond donors (Lipinski definition) is 4. The zero-order valence-electron chi connectivity index (χ0n) is 19.2. The van der Waals surface area contributed by atoms with Crippen molar-refractivity contribution in [1.82, 2.24) is 19.7 Å². The highest BCUT2D eigenvalue weighted by Gasteiger charge is 2.25. The Morgan fingerprint density at radius 1 is 1.09 bits per heavy atom. The fraction of sp³-hybridized carbons (Fsp3) is 0.522. The van der Waals surface area contributed by atoms with Crippen molar-refractivity contribution in [2.45, 2.75) is 77.4 Å². The topological polar surface area (TPSA) is 120 Å². The number of nitrogens with zero attached hydrogens (tertiary/aromatic N) is 4. The van der Waals surface area contributed by atoms with Gasteiger partial charge < -0.3 is 22.1 Å². The van der Waals surface area contributed by atoms with Crippen LogP contribution in [-0.2, 0) is 0 Å². The Hall–Kier alpha value is -2.58. The molecule has 172 valence electrons. The molecule has 0 aliphatic heterocycles. The molecule has 1 saturated carbocycles. The summed E-state index contributed by atoms with van der Waals surface area (Å²) in [6, 6.07) is 5.77. The summed E-state index contributed by atoms with van der Waals surface area (Å²) >= 11 is 6.24. The van der Waals surface area contributed by atoms with Gasteiger partial charge in [0.1, 0.15) is 11.0 Å². The molecule has 2 heterocycles. The maximum absolute atomic E-state index is 6.38. The second-order valence-electron chi connectivity index (χ2n) is 9.27. The molecular formula is C23H33ClN8. The molecular weight excluding hydrogens is 424 g/mol. The molecule has 2 aromatic heterocycles. The van der Waals surface area contributed by atoms with Gasteiger partial charge in [-0.1, -0.05) is 38.3 Å². The summed E-state index contributed by atoms with van der Waals surface area (Å²) in [5.74, 6) is 1.44. The third-order valence-electron chi connectivity index (χ3n) is 5.92. The first-order valence-electron chi connectivity index (χ1n) is 11.4. The number of benzene rings is 1. The van der Waals surface area contributed by atoms with E-state index in [9.17, 15) is 0 Å². The first-order valence-corrected chi connectivity index (χ1v) is 11.8. The Morgan fingerprint density at radius 2 is 1.84 bits per heavy atom. The molecule has 0 spiro atoms. The predicted octanol–water partition coefficient (Wildman–Crippen LogP) is 5.19. The summed E-state index contributed by atoms with van der Waals surface area (Å²) in [6.45, 7) is 8.46. The molecule has 2 atom stereocenters. The highest BCUT2D eigenvalue weighted by Crippen LogP contribution is 2.34. The molecule has 0 radical (unpaired) electrons. The maximum atomic E-state index is 6.38. The van der Waals surface area contributed by atoms with Gasteiger partial charge in [0.2, 0.25) is 5.95 Å². The van der Waals surface area contributed by atoms with Crippen LogP contribution in [0.1, 0.15) is 71.0 Å². The van der Waals surface area contributed by atoms with Gasteiger partial charge in [-0.25, -0.2) is 4.98 Å². The van der Waals surface area contributed by atoms with E-state index < -0.39 is 0 Å². The van der Waals surface area contributed by atoms with Gasteiger partial charge in [0.05, 0.1) is 5.69 Å². The van der Waals surface area contributed by atoms with Crippen LogP contribution in [0.4, 0.5) is 23.1 Å². The third-order valence-corrected chi connectivity index (χ3v) is 6.14. The van der Waals surface area contributed by atoms with Crippen LogP contribution in [0.25, 0.3) is 11.0 Å². The monoisotopic (exact) mass is 456 g/mol. The molecule has 9 heteroatoms. The minimum atomic E-state index is 0.0927. The number of rotatable bonds is 6. The van der Waals surface area contributed by atoms with Crippen LogP contribution in [0.15, 0.2) is 18.2 Å². The summed E-state index contributed by atoms with van der Waals surface area (Å²) in [4.78, 5) is 9.78. The largest absolute Gasteiger partial charge is 0.399 e. The Kier molecular flexibility index (Phi) is 6.44. The number of nitrogens with one attached hydrogen (secondary N) is 2. The molecule has 0 bridgehead atoms. The summed E-state index contributed by atoms with van der Waals surface area (Å²) in [5.41, 5.74) is 16.4. The van der Waals surface area contributed by atoms with E-state index in [1.165, 1.54) is 6.42 Å². The van der Waals surface area contributed by atoms with E-state index in [0.29, 0.717) is 22.5 Å². The van der Waals surface area contributed by atoms with E-state index in [4.69, 9.17) is 38.1 Å². The molecule has 0 saturated heterocycles. The average molecular weight is 457 g/mol. The van der Waals surface area contributed by atoms with Gasteiger partial charge in [0.15, 0.2) is 5.82 Å². The predicted molar refractivity (Wildman–Crippen MR) is 133 cm³/mol. The van der Waals surface area contributed by atoms with Crippen molar-refractivity contribution in [2.75, 3.05) is 16.4 Å². The van der Waals surface area contributed by atoms with Gasteiger partial charge >= 0.3 is 0 Å². The van der Waals surface area contributed by atoms with Crippen molar-refractivity contribution >= 4 is 45.8 Å². The Morgan fingerprint density at radius 3 is 2.50 bits per heavy atom. The van der Waals surface area contributed by atoms with Crippen LogP contribution in [0, 0.1) is 0 Å². The number of nitrogen functional groups attached to an aromatic ring is 1. The lowest BCUT2D eigenvalue weighted by Gasteiger charge is -2.29. The number of fused-ring (bicyclic) bond motifs is 1. The highest BCUT2D eigenvalue weighted by molar-refractivity contribution is 6.31. The van der Waals surface area contributed by atoms with Gasteiger partial charge in [-0.2, -0.15) is 10.1 Å². The molecule has 1 aliphatic rings. The van der Waals surface area contributed by atoms with Crippen molar-refractivity contribution < 1.29 is 0 Å². The molecule has 3 aromatic rings. The normalized spacial score (nSPS) is 19.1. The van der Waals surface area contributed by atoms with E-state index >= 15 is 0 Å². The van der Waals surface area contributed by atoms with Gasteiger partial charge in [-0.3, -0.25) is 4.68 Å². The average Bonchev–Trinajstić information content (AvgIpc) is 3.09.